The molecule has 3 nitrogen and oxygen atoms in total. The van der Waals surface area contributed by atoms with E-state index in [-0.39, 0.29) is 5.56 Å². The summed E-state index contributed by atoms with van der Waals surface area (Å²) in [7, 11) is 0. The number of rotatable bonds is 3. The molecule has 0 aromatic heterocycles. The average molecular weight is 203 g/mol. The van der Waals surface area contributed by atoms with Crippen LogP contribution in [0, 0.1) is 5.82 Å². The SMILES string of the molecule is NC(=O)c1cc(CNCl)ccc1F. The van der Waals surface area contributed by atoms with Crippen LogP contribution in [0.15, 0.2) is 18.2 Å². The van der Waals surface area contributed by atoms with Gasteiger partial charge in [0.2, 0.25) is 0 Å². The maximum atomic E-state index is 12.9. The molecule has 0 saturated heterocycles. The second-order valence-corrected chi connectivity index (χ2v) is 2.76. The predicted molar refractivity (Wildman–Crippen MR) is 47.6 cm³/mol. The van der Waals surface area contributed by atoms with Gasteiger partial charge in [-0.3, -0.25) is 4.79 Å². The Kier molecular flexibility index (Phi) is 3.22. The van der Waals surface area contributed by atoms with Crippen molar-refractivity contribution in [1.29, 1.82) is 0 Å². The minimum Gasteiger partial charge on any atom is -0.366 e. The first-order chi connectivity index (χ1) is 6.15. The number of carbonyl (C=O) groups is 1. The van der Waals surface area contributed by atoms with Crippen LogP contribution in [-0.2, 0) is 6.54 Å². The maximum absolute atomic E-state index is 12.9. The summed E-state index contributed by atoms with van der Waals surface area (Å²) in [4.78, 5) is 13.1. The van der Waals surface area contributed by atoms with Crippen LogP contribution in [0.5, 0.6) is 0 Å². The van der Waals surface area contributed by atoms with Crippen molar-refractivity contribution < 1.29 is 9.18 Å². The molecule has 0 radical (unpaired) electrons. The second kappa shape index (κ2) is 4.20. The molecule has 0 aliphatic heterocycles. The zero-order valence-electron chi connectivity index (χ0n) is 6.68. The van der Waals surface area contributed by atoms with E-state index in [9.17, 15) is 9.18 Å². The number of hydrogen-bond donors (Lipinski definition) is 2. The van der Waals surface area contributed by atoms with Crippen molar-refractivity contribution >= 4 is 17.7 Å². The molecule has 0 heterocycles. The standard InChI is InChI=1S/C8H8ClFN2O/c9-12-4-5-1-2-7(10)6(3-5)8(11)13/h1-3,12H,4H2,(H2,11,13). The Morgan fingerprint density at radius 3 is 2.85 bits per heavy atom. The van der Waals surface area contributed by atoms with Gasteiger partial charge >= 0.3 is 0 Å². The van der Waals surface area contributed by atoms with Gasteiger partial charge in [-0.1, -0.05) is 6.07 Å². The molecule has 0 fully saturated rings. The third-order valence-electron chi connectivity index (χ3n) is 1.57. The van der Waals surface area contributed by atoms with Gasteiger partial charge in [-0.15, -0.1) is 0 Å². The Labute approximate surface area is 79.8 Å². The fourth-order valence-corrected chi connectivity index (χ4v) is 1.10. The number of benzene rings is 1. The van der Waals surface area contributed by atoms with Crippen LogP contribution in [0.1, 0.15) is 15.9 Å². The fraction of sp³-hybridized carbons (Fsp3) is 0.125. The lowest BCUT2D eigenvalue weighted by Crippen LogP contribution is -2.14. The summed E-state index contributed by atoms with van der Waals surface area (Å²) in [6, 6.07) is 4.08. The van der Waals surface area contributed by atoms with Crippen molar-refractivity contribution in [2.45, 2.75) is 6.54 Å². The van der Waals surface area contributed by atoms with Gasteiger partial charge in [-0.2, -0.15) is 0 Å². The lowest BCUT2D eigenvalue weighted by molar-refractivity contribution is 0.0996. The number of amides is 1. The van der Waals surface area contributed by atoms with E-state index in [1.54, 1.807) is 0 Å². The van der Waals surface area contributed by atoms with E-state index in [1.165, 1.54) is 18.2 Å². The molecule has 0 saturated carbocycles. The maximum Gasteiger partial charge on any atom is 0.251 e. The van der Waals surface area contributed by atoms with E-state index in [2.05, 4.69) is 4.84 Å². The van der Waals surface area contributed by atoms with Crippen molar-refractivity contribution in [3.63, 3.8) is 0 Å². The number of nitrogens with one attached hydrogen (secondary N) is 1. The van der Waals surface area contributed by atoms with Crippen molar-refractivity contribution in [2.75, 3.05) is 0 Å². The second-order valence-electron chi connectivity index (χ2n) is 2.49. The molecule has 0 aliphatic carbocycles. The molecule has 1 amide bonds. The highest BCUT2D eigenvalue weighted by Gasteiger charge is 2.08. The molecule has 3 N–H and O–H groups in total. The fourth-order valence-electron chi connectivity index (χ4n) is 0.948. The van der Waals surface area contributed by atoms with E-state index in [0.717, 1.165) is 0 Å². The van der Waals surface area contributed by atoms with Crippen LogP contribution in [-0.4, -0.2) is 5.91 Å². The highest BCUT2D eigenvalue weighted by atomic mass is 35.5. The van der Waals surface area contributed by atoms with Crippen LogP contribution in [0.3, 0.4) is 0 Å². The monoisotopic (exact) mass is 202 g/mol. The number of halogens is 2. The molecule has 70 valence electrons. The highest BCUT2D eigenvalue weighted by molar-refractivity contribution is 6.13. The van der Waals surface area contributed by atoms with Crippen LogP contribution < -0.4 is 10.6 Å². The molecule has 0 atom stereocenters. The summed E-state index contributed by atoms with van der Waals surface area (Å²) in [6.07, 6.45) is 0. The molecule has 1 aromatic carbocycles. The highest BCUT2D eigenvalue weighted by Crippen LogP contribution is 2.09. The molecule has 0 aliphatic rings. The van der Waals surface area contributed by atoms with E-state index < -0.39 is 11.7 Å². The smallest absolute Gasteiger partial charge is 0.251 e. The van der Waals surface area contributed by atoms with Crippen LogP contribution in [0.4, 0.5) is 4.39 Å². The Hall–Kier alpha value is -1.13. The molecule has 1 rings (SSSR count). The van der Waals surface area contributed by atoms with E-state index in [4.69, 9.17) is 17.5 Å². The van der Waals surface area contributed by atoms with Crippen LogP contribution in [0.25, 0.3) is 0 Å². The summed E-state index contributed by atoms with van der Waals surface area (Å²) < 4.78 is 12.9. The first kappa shape index (κ1) is 9.95. The van der Waals surface area contributed by atoms with Gasteiger partial charge in [0.25, 0.3) is 5.91 Å². The average Bonchev–Trinajstić information content (AvgIpc) is 2.08. The number of carbonyl (C=O) groups excluding carboxylic acids is 1. The van der Waals surface area contributed by atoms with Crippen molar-refractivity contribution in [3.8, 4) is 0 Å². The van der Waals surface area contributed by atoms with E-state index >= 15 is 0 Å². The van der Waals surface area contributed by atoms with Gasteiger partial charge in [0, 0.05) is 6.54 Å². The molecule has 5 heteroatoms. The third kappa shape index (κ3) is 2.40. The van der Waals surface area contributed by atoms with Crippen molar-refractivity contribution in [1.82, 2.24) is 4.84 Å². The lowest BCUT2D eigenvalue weighted by atomic mass is 10.1. The Balaban J connectivity index is 3.04. The number of hydrogen-bond acceptors (Lipinski definition) is 2. The Morgan fingerprint density at radius 1 is 1.62 bits per heavy atom. The Morgan fingerprint density at radius 2 is 2.31 bits per heavy atom. The first-order valence-corrected chi connectivity index (χ1v) is 3.94. The van der Waals surface area contributed by atoms with Crippen molar-refractivity contribution in [2.24, 2.45) is 5.73 Å². The van der Waals surface area contributed by atoms with Crippen molar-refractivity contribution in [3.05, 3.63) is 35.1 Å². The summed E-state index contributed by atoms with van der Waals surface area (Å²) >= 11 is 5.25. The van der Waals surface area contributed by atoms with Gasteiger partial charge in [0.15, 0.2) is 0 Å². The van der Waals surface area contributed by atoms with Crippen LogP contribution in [0.2, 0.25) is 0 Å². The molecule has 0 unspecified atom stereocenters. The quantitative estimate of drug-likeness (QED) is 0.723. The third-order valence-corrected chi connectivity index (χ3v) is 1.70. The lowest BCUT2D eigenvalue weighted by Gasteiger charge is -2.02. The predicted octanol–water partition coefficient (Wildman–Crippen LogP) is 1.17. The summed E-state index contributed by atoms with van der Waals surface area (Å²) in [5.74, 6) is -1.40. The minimum atomic E-state index is -0.783. The summed E-state index contributed by atoms with van der Waals surface area (Å²) in [5, 5.41) is 0. The van der Waals surface area contributed by atoms with E-state index in [1.807, 2.05) is 0 Å². The molecular formula is C8H8ClFN2O. The zero-order chi connectivity index (χ0) is 9.84. The Bertz CT molecular complexity index is 330. The molecule has 0 bridgehead atoms. The first-order valence-electron chi connectivity index (χ1n) is 3.57. The van der Waals surface area contributed by atoms with Crippen LogP contribution >= 0.6 is 11.8 Å². The van der Waals surface area contributed by atoms with Gasteiger partial charge in [-0.25, -0.2) is 9.23 Å². The molecule has 0 spiro atoms. The zero-order valence-corrected chi connectivity index (χ0v) is 7.44. The van der Waals surface area contributed by atoms with Gasteiger partial charge in [-0.05, 0) is 29.5 Å². The summed E-state index contributed by atoms with van der Waals surface area (Å²) in [5.41, 5.74) is 5.53. The number of nitrogens with two attached hydrogens (primary N) is 1. The molecule has 1 aromatic rings. The number of primary amides is 1. The molecule has 13 heavy (non-hydrogen) atoms. The normalized spacial score (nSPS) is 10.0. The minimum absolute atomic E-state index is 0.121. The summed E-state index contributed by atoms with van der Waals surface area (Å²) in [6.45, 7) is 0.349. The van der Waals surface area contributed by atoms with Gasteiger partial charge < -0.3 is 5.73 Å². The largest absolute Gasteiger partial charge is 0.366 e. The van der Waals surface area contributed by atoms with E-state index in [0.29, 0.717) is 12.1 Å². The molecular weight excluding hydrogens is 195 g/mol. The van der Waals surface area contributed by atoms with Gasteiger partial charge in [0.1, 0.15) is 5.82 Å². The topological polar surface area (TPSA) is 55.1 Å². The van der Waals surface area contributed by atoms with Gasteiger partial charge in [0.05, 0.1) is 5.56 Å².